The van der Waals surface area contributed by atoms with Crippen molar-refractivity contribution in [3.05, 3.63) is 71.6 Å². The summed E-state index contributed by atoms with van der Waals surface area (Å²) in [6, 6.07) is 15.9. The molecule has 3 aromatic rings. The van der Waals surface area contributed by atoms with Gasteiger partial charge in [-0.05, 0) is 43.2 Å². The number of benzene rings is 2. The van der Waals surface area contributed by atoms with Crippen LogP contribution >= 0.6 is 11.8 Å². The zero-order valence-electron chi connectivity index (χ0n) is 16.7. The van der Waals surface area contributed by atoms with Crippen LogP contribution in [0.15, 0.2) is 63.9 Å². The molecule has 2 aromatic carbocycles. The number of hydrogen-bond donors (Lipinski definition) is 1. The van der Waals surface area contributed by atoms with Crippen LogP contribution in [0.25, 0.3) is 11.5 Å². The Hall–Kier alpha value is -2.91. The molecule has 1 aromatic heterocycles. The lowest BCUT2D eigenvalue weighted by molar-refractivity contribution is -0.118. The minimum atomic E-state index is -3.51. The smallest absolute Gasteiger partial charge is 0.286 e. The molecule has 4 rings (SSSR count). The topological polar surface area (TPSA) is 106 Å². The quantitative estimate of drug-likeness (QED) is 0.579. The zero-order chi connectivity index (χ0) is 22.0. The Morgan fingerprint density at radius 1 is 1.06 bits per heavy atom. The SMILES string of the molecule is Cc1oc(-c2ccccc2)nc1CCS(=O)(=O)c1ccc(CC2SC(=O)NC2=O)cc1. The monoisotopic (exact) mass is 456 g/mol. The summed E-state index contributed by atoms with van der Waals surface area (Å²) in [5, 5.41) is 1.41. The lowest BCUT2D eigenvalue weighted by Gasteiger charge is -2.07. The number of aryl methyl sites for hydroxylation is 2. The molecule has 2 heterocycles. The number of nitrogens with zero attached hydrogens (tertiary/aromatic N) is 1. The lowest BCUT2D eigenvalue weighted by atomic mass is 10.1. The van der Waals surface area contributed by atoms with E-state index in [0.29, 0.717) is 23.8 Å². The van der Waals surface area contributed by atoms with E-state index in [9.17, 15) is 18.0 Å². The second-order valence-corrected chi connectivity index (χ2v) is 10.5. The van der Waals surface area contributed by atoms with Crippen molar-refractivity contribution in [1.82, 2.24) is 10.3 Å². The molecule has 1 unspecified atom stereocenters. The van der Waals surface area contributed by atoms with Crippen molar-refractivity contribution in [3.8, 4) is 11.5 Å². The number of sulfone groups is 1. The van der Waals surface area contributed by atoms with Gasteiger partial charge in [-0.2, -0.15) is 0 Å². The summed E-state index contributed by atoms with van der Waals surface area (Å²) >= 11 is 0.952. The molecule has 2 amide bonds. The van der Waals surface area contributed by atoms with Crippen molar-refractivity contribution in [1.29, 1.82) is 0 Å². The van der Waals surface area contributed by atoms with E-state index >= 15 is 0 Å². The second-order valence-electron chi connectivity index (χ2n) is 7.19. The Bertz CT molecular complexity index is 1220. The maximum absolute atomic E-state index is 12.8. The van der Waals surface area contributed by atoms with Crippen LogP contribution in [0, 0.1) is 6.92 Å². The molecule has 31 heavy (non-hydrogen) atoms. The van der Waals surface area contributed by atoms with E-state index in [4.69, 9.17) is 4.42 Å². The van der Waals surface area contributed by atoms with Crippen LogP contribution in [-0.2, 0) is 27.5 Å². The molecule has 1 atom stereocenters. The first-order valence-corrected chi connectivity index (χ1v) is 12.2. The molecule has 0 aliphatic carbocycles. The maximum atomic E-state index is 12.8. The van der Waals surface area contributed by atoms with Crippen molar-refractivity contribution in [3.63, 3.8) is 0 Å². The van der Waals surface area contributed by atoms with Gasteiger partial charge < -0.3 is 4.42 Å². The number of carbonyl (C=O) groups is 2. The van der Waals surface area contributed by atoms with Crippen LogP contribution in [-0.4, -0.2) is 35.6 Å². The Morgan fingerprint density at radius 2 is 1.77 bits per heavy atom. The molecule has 0 radical (unpaired) electrons. The minimum Gasteiger partial charge on any atom is -0.441 e. The van der Waals surface area contributed by atoms with Crippen LogP contribution in [0.2, 0.25) is 0 Å². The zero-order valence-corrected chi connectivity index (χ0v) is 18.3. The first kappa shape index (κ1) is 21.3. The van der Waals surface area contributed by atoms with Crippen LogP contribution < -0.4 is 5.32 Å². The largest absolute Gasteiger partial charge is 0.441 e. The Morgan fingerprint density at radius 3 is 2.42 bits per heavy atom. The van der Waals surface area contributed by atoms with E-state index in [0.717, 1.165) is 22.9 Å². The predicted molar refractivity (Wildman–Crippen MR) is 117 cm³/mol. The number of hydrogen-bond acceptors (Lipinski definition) is 7. The van der Waals surface area contributed by atoms with Gasteiger partial charge in [0.25, 0.3) is 5.24 Å². The average Bonchev–Trinajstić information content (AvgIpc) is 3.28. The number of amides is 2. The van der Waals surface area contributed by atoms with Gasteiger partial charge in [0.2, 0.25) is 11.8 Å². The van der Waals surface area contributed by atoms with Crippen molar-refractivity contribution < 1.29 is 22.4 Å². The molecule has 0 bridgehead atoms. The Labute approximate surface area is 184 Å². The highest BCUT2D eigenvalue weighted by atomic mass is 32.2. The summed E-state index contributed by atoms with van der Waals surface area (Å²) in [6.07, 6.45) is 0.607. The van der Waals surface area contributed by atoms with Crippen LogP contribution in [0.5, 0.6) is 0 Å². The van der Waals surface area contributed by atoms with E-state index in [1.54, 1.807) is 19.1 Å². The molecular weight excluding hydrogens is 436 g/mol. The van der Waals surface area contributed by atoms with Gasteiger partial charge in [0.1, 0.15) is 5.76 Å². The Kier molecular flexibility index (Phi) is 5.97. The molecule has 1 aliphatic heterocycles. The highest BCUT2D eigenvalue weighted by Crippen LogP contribution is 2.25. The van der Waals surface area contributed by atoms with Gasteiger partial charge in [-0.15, -0.1) is 0 Å². The number of oxazole rings is 1. The van der Waals surface area contributed by atoms with E-state index in [2.05, 4.69) is 10.3 Å². The average molecular weight is 457 g/mol. The van der Waals surface area contributed by atoms with Gasteiger partial charge in [-0.25, -0.2) is 13.4 Å². The molecule has 0 spiro atoms. The lowest BCUT2D eigenvalue weighted by Crippen LogP contribution is -2.25. The third-order valence-electron chi connectivity index (χ3n) is 4.99. The second kappa shape index (κ2) is 8.68. The molecule has 1 aliphatic rings. The normalized spacial score (nSPS) is 16.5. The van der Waals surface area contributed by atoms with Crippen LogP contribution in [0.1, 0.15) is 17.0 Å². The van der Waals surface area contributed by atoms with Crippen molar-refractivity contribution in [2.24, 2.45) is 0 Å². The molecule has 1 N–H and O–H groups in total. The van der Waals surface area contributed by atoms with Gasteiger partial charge in [-0.1, -0.05) is 42.1 Å². The van der Waals surface area contributed by atoms with Crippen LogP contribution in [0.4, 0.5) is 4.79 Å². The molecule has 1 fully saturated rings. The van der Waals surface area contributed by atoms with E-state index in [-0.39, 0.29) is 28.2 Å². The number of nitrogens with one attached hydrogen (secondary N) is 1. The molecular formula is C22H20N2O5S2. The number of thioether (sulfide) groups is 1. The Balaban J connectivity index is 1.42. The summed E-state index contributed by atoms with van der Waals surface area (Å²) in [5.41, 5.74) is 2.25. The molecule has 160 valence electrons. The number of carbonyl (C=O) groups excluding carboxylic acids is 2. The maximum Gasteiger partial charge on any atom is 0.286 e. The third-order valence-corrected chi connectivity index (χ3v) is 7.70. The summed E-state index contributed by atoms with van der Waals surface area (Å²) in [6.45, 7) is 1.78. The summed E-state index contributed by atoms with van der Waals surface area (Å²) in [5.74, 6) is 0.668. The van der Waals surface area contributed by atoms with Crippen molar-refractivity contribution in [2.75, 3.05) is 5.75 Å². The van der Waals surface area contributed by atoms with Gasteiger partial charge in [0, 0.05) is 12.0 Å². The van der Waals surface area contributed by atoms with Gasteiger partial charge in [0.05, 0.1) is 21.6 Å². The highest BCUT2D eigenvalue weighted by molar-refractivity contribution is 8.15. The first-order chi connectivity index (χ1) is 14.8. The van der Waals surface area contributed by atoms with Gasteiger partial charge >= 0.3 is 0 Å². The predicted octanol–water partition coefficient (Wildman–Crippen LogP) is 3.56. The van der Waals surface area contributed by atoms with E-state index < -0.39 is 15.1 Å². The number of rotatable bonds is 7. The molecule has 1 saturated heterocycles. The first-order valence-electron chi connectivity index (χ1n) is 9.67. The minimum absolute atomic E-state index is 0.0939. The fourth-order valence-corrected chi connectivity index (χ4v) is 5.40. The summed E-state index contributed by atoms with van der Waals surface area (Å²) in [7, 11) is -3.51. The fourth-order valence-electron chi connectivity index (χ4n) is 3.29. The summed E-state index contributed by atoms with van der Waals surface area (Å²) in [4.78, 5) is 27.6. The number of imide groups is 1. The van der Waals surface area contributed by atoms with Crippen LogP contribution in [0.3, 0.4) is 0 Å². The number of aromatic nitrogens is 1. The molecule has 7 nitrogen and oxygen atoms in total. The summed E-state index contributed by atoms with van der Waals surface area (Å²) < 4.78 is 31.2. The fraction of sp³-hybridized carbons (Fsp3) is 0.227. The van der Waals surface area contributed by atoms with E-state index in [1.807, 2.05) is 30.3 Å². The van der Waals surface area contributed by atoms with Gasteiger partial charge in [0.15, 0.2) is 9.84 Å². The standard InChI is InChI=1S/C22H20N2O5S2/c1-14-18(23-21(29-14)16-5-3-2-4-6-16)11-12-31(27,28)17-9-7-15(8-10-17)13-19-20(25)24-22(26)30-19/h2-10,19H,11-13H2,1H3,(H,24,25,26). The molecule has 0 saturated carbocycles. The van der Waals surface area contributed by atoms with Crippen molar-refractivity contribution >= 4 is 32.7 Å². The van der Waals surface area contributed by atoms with E-state index in [1.165, 1.54) is 12.1 Å². The van der Waals surface area contributed by atoms with Gasteiger partial charge in [-0.3, -0.25) is 14.9 Å². The third kappa shape index (κ3) is 4.88. The highest BCUT2D eigenvalue weighted by Gasteiger charge is 2.31. The van der Waals surface area contributed by atoms with Crippen molar-refractivity contribution in [2.45, 2.75) is 29.9 Å². The molecule has 9 heteroatoms.